The molecule has 3 N–H and O–H groups in total. The highest BCUT2D eigenvalue weighted by molar-refractivity contribution is 7.46. The lowest BCUT2D eigenvalue weighted by atomic mass is 10.0. The van der Waals surface area contributed by atoms with E-state index in [1.807, 2.05) is 12.1 Å². The summed E-state index contributed by atoms with van der Waals surface area (Å²) < 4.78 is 21.3. The van der Waals surface area contributed by atoms with Crippen LogP contribution in [0.2, 0.25) is 5.02 Å². The summed E-state index contributed by atoms with van der Waals surface area (Å²) in [7, 11) is -4.44. The van der Waals surface area contributed by atoms with Crippen molar-refractivity contribution in [2.45, 2.75) is 70.4 Å². The van der Waals surface area contributed by atoms with Gasteiger partial charge >= 0.3 is 7.82 Å². The van der Waals surface area contributed by atoms with Crippen LogP contribution in [0.25, 0.3) is 0 Å². The molecule has 1 unspecified atom stereocenters. The Hall–Kier alpha value is -0.620. The molecule has 2 atom stereocenters. The molecule has 0 amide bonds. The second-order valence-electron chi connectivity index (χ2n) is 7.15. The van der Waals surface area contributed by atoms with Gasteiger partial charge in [-0.3, -0.25) is 4.52 Å². The van der Waals surface area contributed by atoms with Gasteiger partial charge in [0.1, 0.15) is 11.9 Å². The van der Waals surface area contributed by atoms with Crippen LogP contribution in [0.1, 0.15) is 57.4 Å². The first kappa shape index (κ1) is 22.7. The maximum Gasteiger partial charge on any atom is 0.469 e. The van der Waals surface area contributed by atoms with Crippen molar-refractivity contribution in [1.29, 1.82) is 0 Å². The molecular weight excluding hydrogens is 389 g/mol. The van der Waals surface area contributed by atoms with Crippen LogP contribution in [0.4, 0.5) is 0 Å². The van der Waals surface area contributed by atoms with E-state index < -0.39 is 7.82 Å². The third-order valence-electron chi connectivity index (χ3n) is 4.73. The molecule has 0 spiro atoms. The minimum atomic E-state index is -4.44. The van der Waals surface area contributed by atoms with Gasteiger partial charge in [-0.25, -0.2) is 4.57 Å². The van der Waals surface area contributed by atoms with E-state index in [0.29, 0.717) is 23.7 Å². The molecule has 154 valence electrons. The number of hydrogen-bond acceptors (Lipinski definition) is 4. The Morgan fingerprint density at radius 1 is 1.22 bits per heavy atom. The van der Waals surface area contributed by atoms with Gasteiger partial charge in [-0.15, -0.1) is 0 Å². The molecule has 6 nitrogen and oxygen atoms in total. The van der Waals surface area contributed by atoms with Gasteiger partial charge in [-0.05, 0) is 30.5 Å². The van der Waals surface area contributed by atoms with Gasteiger partial charge in [0, 0.05) is 19.0 Å². The standard InChI is InChI=1S/C19H31ClNO5P/c1-2-3-4-5-6-7-8-15-9-10-19(18(20)11-15)26-17-12-16(21-13-17)14-25-27(22,23)24/h9-11,16-17,21H,2-8,12-14H2,1H3,(H2,22,23,24)/t16-,17?/m0/s1. The van der Waals surface area contributed by atoms with Crippen molar-refractivity contribution in [1.82, 2.24) is 5.32 Å². The molecule has 0 saturated carbocycles. The molecule has 0 bridgehead atoms. The number of hydrogen-bond donors (Lipinski definition) is 3. The average molecular weight is 420 g/mol. The summed E-state index contributed by atoms with van der Waals surface area (Å²) in [5.74, 6) is 0.645. The Bertz CT molecular complexity index is 624. The van der Waals surface area contributed by atoms with Gasteiger partial charge < -0.3 is 19.8 Å². The third-order valence-corrected chi connectivity index (χ3v) is 5.52. The number of unbranched alkanes of at least 4 members (excludes halogenated alkanes) is 5. The van der Waals surface area contributed by atoms with Crippen molar-refractivity contribution in [3.63, 3.8) is 0 Å². The van der Waals surface area contributed by atoms with Crippen LogP contribution < -0.4 is 10.1 Å². The molecule has 1 fully saturated rings. The highest BCUT2D eigenvalue weighted by Crippen LogP contribution is 2.36. The number of benzene rings is 1. The molecular formula is C19H31ClNO5P. The first-order chi connectivity index (χ1) is 12.9. The summed E-state index contributed by atoms with van der Waals surface area (Å²) in [6.45, 7) is 2.77. The minimum Gasteiger partial charge on any atom is -0.487 e. The molecule has 2 rings (SSSR count). The van der Waals surface area contributed by atoms with Crippen molar-refractivity contribution in [3.05, 3.63) is 28.8 Å². The summed E-state index contributed by atoms with van der Waals surface area (Å²) in [5.41, 5.74) is 1.22. The van der Waals surface area contributed by atoms with Crippen LogP contribution in [0.5, 0.6) is 5.75 Å². The Morgan fingerprint density at radius 3 is 2.67 bits per heavy atom. The lowest BCUT2D eigenvalue weighted by molar-refractivity contribution is 0.173. The van der Waals surface area contributed by atoms with Crippen molar-refractivity contribution in [3.8, 4) is 5.75 Å². The fourth-order valence-corrected chi connectivity index (χ4v) is 3.89. The zero-order valence-electron chi connectivity index (χ0n) is 15.9. The largest absolute Gasteiger partial charge is 0.487 e. The molecule has 27 heavy (non-hydrogen) atoms. The molecule has 1 saturated heterocycles. The molecule has 1 aliphatic rings. The molecule has 1 aliphatic heterocycles. The second kappa shape index (κ2) is 11.4. The van der Waals surface area contributed by atoms with Crippen LogP contribution in [0.15, 0.2) is 18.2 Å². The maximum atomic E-state index is 10.8. The molecule has 0 aliphatic carbocycles. The Balaban J connectivity index is 1.73. The molecule has 1 aromatic carbocycles. The third kappa shape index (κ3) is 8.95. The monoisotopic (exact) mass is 419 g/mol. The summed E-state index contributed by atoms with van der Waals surface area (Å²) in [6.07, 6.45) is 9.16. The Labute approximate surface area is 166 Å². The number of phosphoric ester groups is 1. The predicted octanol–water partition coefficient (Wildman–Crippen LogP) is 4.46. The highest BCUT2D eigenvalue weighted by Gasteiger charge is 2.28. The molecule has 1 aromatic rings. The lowest BCUT2D eigenvalue weighted by Crippen LogP contribution is -2.26. The van der Waals surface area contributed by atoms with Crippen molar-refractivity contribution in [2.75, 3.05) is 13.2 Å². The summed E-state index contributed by atoms with van der Waals surface area (Å²) in [4.78, 5) is 17.5. The van der Waals surface area contributed by atoms with Gasteiger partial charge in [0.25, 0.3) is 0 Å². The summed E-state index contributed by atoms with van der Waals surface area (Å²) in [6, 6.07) is 5.80. The lowest BCUT2D eigenvalue weighted by Gasteiger charge is -2.15. The smallest absolute Gasteiger partial charge is 0.469 e. The number of aryl methyl sites for hydroxylation is 1. The Kier molecular flexibility index (Phi) is 9.57. The first-order valence-corrected chi connectivity index (χ1v) is 11.7. The highest BCUT2D eigenvalue weighted by atomic mass is 35.5. The minimum absolute atomic E-state index is 0.0466. The van der Waals surface area contributed by atoms with Crippen LogP contribution in [0, 0.1) is 0 Å². The zero-order chi connectivity index (χ0) is 19.7. The van der Waals surface area contributed by atoms with Crippen molar-refractivity contribution in [2.24, 2.45) is 0 Å². The predicted molar refractivity (Wildman–Crippen MR) is 107 cm³/mol. The quantitative estimate of drug-likeness (QED) is 0.342. The van der Waals surface area contributed by atoms with Gasteiger partial charge in [0.15, 0.2) is 0 Å². The van der Waals surface area contributed by atoms with Crippen LogP contribution >= 0.6 is 19.4 Å². The van der Waals surface area contributed by atoms with Crippen molar-refractivity contribution >= 4 is 19.4 Å². The number of nitrogens with one attached hydrogen (secondary N) is 1. The van der Waals surface area contributed by atoms with Gasteiger partial charge in [0.05, 0.1) is 11.6 Å². The Morgan fingerprint density at radius 2 is 1.96 bits per heavy atom. The first-order valence-electron chi connectivity index (χ1n) is 9.76. The zero-order valence-corrected chi connectivity index (χ0v) is 17.6. The summed E-state index contributed by atoms with van der Waals surface area (Å²) >= 11 is 6.37. The van der Waals surface area contributed by atoms with Crippen LogP contribution in [-0.2, 0) is 15.5 Å². The van der Waals surface area contributed by atoms with E-state index in [1.165, 1.54) is 44.1 Å². The number of phosphoric acid groups is 1. The van der Waals surface area contributed by atoms with Gasteiger partial charge in [0.2, 0.25) is 0 Å². The second-order valence-corrected chi connectivity index (χ2v) is 8.80. The maximum absolute atomic E-state index is 10.8. The van der Waals surface area contributed by atoms with Crippen molar-refractivity contribution < 1.29 is 23.6 Å². The molecule has 0 aromatic heterocycles. The molecule has 8 heteroatoms. The fourth-order valence-electron chi connectivity index (χ4n) is 3.27. The van der Waals surface area contributed by atoms with E-state index in [4.69, 9.17) is 26.1 Å². The number of rotatable bonds is 12. The number of halogens is 1. The van der Waals surface area contributed by atoms with Gasteiger partial charge in [-0.2, -0.15) is 0 Å². The average Bonchev–Trinajstić information content (AvgIpc) is 3.05. The molecule has 1 heterocycles. The van der Waals surface area contributed by atoms with E-state index in [1.54, 1.807) is 0 Å². The van der Waals surface area contributed by atoms with Crippen LogP contribution in [0.3, 0.4) is 0 Å². The van der Waals surface area contributed by atoms with Gasteiger partial charge in [-0.1, -0.05) is 56.7 Å². The normalized spacial score (nSPS) is 20.1. The van der Waals surface area contributed by atoms with E-state index in [2.05, 4.69) is 22.8 Å². The molecule has 0 radical (unpaired) electrons. The summed E-state index contributed by atoms with van der Waals surface area (Å²) in [5, 5.41) is 3.75. The van der Waals surface area contributed by atoms with E-state index in [9.17, 15) is 4.57 Å². The fraction of sp³-hybridized carbons (Fsp3) is 0.684. The number of ether oxygens (including phenoxy) is 1. The topological polar surface area (TPSA) is 88.0 Å². The SMILES string of the molecule is CCCCCCCCc1ccc(OC2CN[C@H](COP(=O)(O)O)C2)c(Cl)c1. The van der Waals surface area contributed by atoms with Crippen LogP contribution in [-0.4, -0.2) is 35.1 Å². The van der Waals surface area contributed by atoms with E-state index >= 15 is 0 Å². The van der Waals surface area contributed by atoms with E-state index in [-0.39, 0.29) is 18.8 Å². The van der Waals surface area contributed by atoms with E-state index in [0.717, 1.165) is 6.42 Å².